The van der Waals surface area contributed by atoms with E-state index in [-0.39, 0.29) is 5.69 Å². The Hall–Kier alpha value is -1.28. The summed E-state index contributed by atoms with van der Waals surface area (Å²) in [7, 11) is -3.80. The van der Waals surface area contributed by atoms with Crippen molar-refractivity contribution in [2.24, 2.45) is 0 Å². The molecule has 140 valence electrons. The number of hydrogen-bond acceptors (Lipinski definition) is 4. The molecule has 5 nitrogen and oxygen atoms in total. The predicted molar refractivity (Wildman–Crippen MR) is 101 cm³/mol. The van der Waals surface area contributed by atoms with Gasteiger partial charge in [-0.3, -0.25) is 9.10 Å². The minimum absolute atomic E-state index is 0.118. The monoisotopic (exact) mass is 388 g/mol. The average molecular weight is 389 g/mol. The number of rotatable bonds is 8. The lowest BCUT2D eigenvalue weighted by molar-refractivity contribution is -0.121. The lowest BCUT2D eigenvalue weighted by atomic mass is 10.2. The minimum atomic E-state index is -3.80. The Morgan fingerprint density at radius 1 is 1.36 bits per heavy atom. The van der Waals surface area contributed by atoms with E-state index in [0.29, 0.717) is 11.8 Å². The summed E-state index contributed by atoms with van der Waals surface area (Å²) >= 11 is 1.84. The molecule has 0 radical (unpaired) electrons. The van der Waals surface area contributed by atoms with Crippen LogP contribution in [0, 0.1) is 5.82 Å². The average Bonchev–Trinajstić information content (AvgIpc) is 3.05. The molecule has 1 aromatic rings. The maximum absolute atomic E-state index is 14.0. The second kappa shape index (κ2) is 8.89. The number of anilines is 1. The van der Waals surface area contributed by atoms with E-state index in [2.05, 4.69) is 5.32 Å². The van der Waals surface area contributed by atoms with E-state index in [1.165, 1.54) is 50.8 Å². The maximum atomic E-state index is 14.0. The van der Waals surface area contributed by atoms with Crippen molar-refractivity contribution in [2.75, 3.05) is 22.9 Å². The van der Waals surface area contributed by atoms with Crippen molar-refractivity contribution in [2.45, 2.75) is 43.9 Å². The van der Waals surface area contributed by atoms with Gasteiger partial charge in [0.15, 0.2) is 0 Å². The summed E-state index contributed by atoms with van der Waals surface area (Å²) in [6.07, 6.45) is 5.97. The molecule has 8 heteroatoms. The highest BCUT2D eigenvalue weighted by Crippen LogP contribution is 2.29. The highest BCUT2D eigenvalue weighted by molar-refractivity contribution is 7.99. The van der Waals surface area contributed by atoms with Crippen LogP contribution in [0.3, 0.4) is 0 Å². The molecule has 1 amide bonds. The van der Waals surface area contributed by atoms with Gasteiger partial charge in [-0.2, -0.15) is 11.8 Å². The fraction of sp³-hybridized carbons (Fsp3) is 0.588. The largest absolute Gasteiger partial charge is 0.353 e. The van der Waals surface area contributed by atoms with E-state index < -0.39 is 27.8 Å². The van der Waals surface area contributed by atoms with Gasteiger partial charge in [-0.25, -0.2) is 12.8 Å². The van der Waals surface area contributed by atoms with Gasteiger partial charge >= 0.3 is 0 Å². The summed E-state index contributed by atoms with van der Waals surface area (Å²) < 4.78 is 39.1. The zero-order chi connectivity index (χ0) is 18.4. The number of sulfonamides is 1. The second-order valence-corrected chi connectivity index (χ2v) is 9.52. The number of para-hydroxylation sites is 1. The molecule has 0 aliphatic heterocycles. The quantitative estimate of drug-likeness (QED) is 0.696. The fourth-order valence-corrected chi connectivity index (χ4v) is 5.41. The summed E-state index contributed by atoms with van der Waals surface area (Å²) in [6, 6.07) is 4.53. The number of carbonyl (C=O) groups excluding carboxylic acids is 1. The van der Waals surface area contributed by atoms with E-state index >= 15 is 0 Å². The number of benzene rings is 1. The van der Waals surface area contributed by atoms with Gasteiger partial charge in [0, 0.05) is 17.5 Å². The van der Waals surface area contributed by atoms with Crippen LogP contribution in [0.4, 0.5) is 10.1 Å². The first-order valence-corrected chi connectivity index (χ1v) is 11.3. The van der Waals surface area contributed by atoms with E-state index in [9.17, 15) is 17.6 Å². The third-order valence-corrected chi connectivity index (χ3v) is 6.85. The summed E-state index contributed by atoms with van der Waals surface area (Å²) in [5.41, 5.74) is -0.118. The number of thioether (sulfide) groups is 1. The Bertz CT molecular complexity index is 691. The van der Waals surface area contributed by atoms with E-state index in [0.717, 1.165) is 16.3 Å². The lowest BCUT2D eigenvalue weighted by Gasteiger charge is -2.28. The van der Waals surface area contributed by atoms with Crippen molar-refractivity contribution in [3.63, 3.8) is 0 Å². The highest BCUT2D eigenvalue weighted by Gasteiger charge is 2.30. The van der Waals surface area contributed by atoms with Crippen molar-refractivity contribution >= 4 is 33.4 Å². The van der Waals surface area contributed by atoms with Crippen LogP contribution in [-0.2, 0) is 14.8 Å². The second-order valence-electron chi connectivity index (χ2n) is 6.25. The van der Waals surface area contributed by atoms with Crippen LogP contribution >= 0.6 is 11.8 Å². The molecule has 0 unspecified atom stereocenters. The van der Waals surface area contributed by atoms with Gasteiger partial charge in [0.2, 0.25) is 15.9 Å². The van der Waals surface area contributed by atoms with Crippen LogP contribution in [-0.4, -0.2) is 44.2 Å². The summed E-state index contributed by atoms with van der Waals surface area (Å²) in [5, 5.41) is 3.43. The molecule has 1 aromatic carbocycles. The van der Waals surface area contributed by atoms with Crippen LogP contribution in [0.1, 0.15) is 32.6 Å². The molecule has 1 aliphatic rings. The molecular weight excluding hydrogens is 363 g/mol. The number of nitrogens with zero attached hydrogens (tertiary/aromatic N) is 1. The van der Waals surface area contributed by atoms with E-state index in [4.69, 9.17) is 0 Å². The molecule has 1 aliphatic carbocycles. The summed E-state index contributed by atoms with van der Waals surface area (Å²) in [5.74, 6) is -0.313. The Morgan fingerprint density at radius 3 is 2.60 bits per heavy atom. The highest BCUT2D eigenvalue weighted by atomic mass is 32.2. The maximum Gasteiger partial charge on any atom is 0.243 e. The molecule has 1 N–H and O–H groups in total. The first kappa shape index (κ1) is 20.0. The molecule has 1 fully saturated rings. The van der Waals surface area contributed by atoms with E-state index in [1.807, 2.05) is 11.8 Å². The van der Waals surface area contributed by atoms with Gasteiger partial charge in [-0.1, -0.05) is 25.0 Å². The molecule has 0 heterocycles. The number of hydrogen-bond donors (Lipinski definition) is 1. The van der Waals surface area contributed by atoms with Crippen molar-refractivity contribution in [3.8, 4) is 0 Å². The molecule has 0 spiro atoms. The number of carbonyl (C=O) groups is 1. The third-order valence-electron chi connectivity index (χ3n) is 4.24. The van der Waals surface area contributed by atoms with Crippen molar-refractivity contribution in [3.05, 3.63) is 30.1 Å². The standard InChI is InChI=1S/C17H25FN2O3S2/c1-13(17(21)19-11-12-24-14-7-3-4-8-14)20(25(2,22)23)16-10-6-5-9-15(16)18/h5-6,9-10,13-14H,3-4,7-8,11-12H2,1-2H3,(H,19,21)/t13-/m1/s1. The summed E-state index contributed by atoms with van der Waals surface area (Å²) in [4.78, 5) is 12.4. The molecule has 1 atom stereocenters. The first-order chi connectivity index (χ1) is 11.8. The van der Waals surface area contributed by atoms with Crippen LogP contribution in [0.2, 0.25) is 0 Å². The topological polar surface area (TPSA) is 66.5 Å². The van der Waals surface area contributed by atoms with Gasteiger partial charge < -0.3 is 5.32 Å². The van der Waals surface area contributed by atoms with Gasteiger partial charge in [-0.05, 0) is 31.9 Å². The van der Waals surface area contributed by atoms with Crippen LogP contribution < -0.4 is 9.62 Å². The molecule has 25 heavy (non-hydrogen) atoms. The zero-order valence-corrected chi connectivity index (χ0v) is 16.2. The number of halogens is 1. The minimum Gasteiger partial charge on any atom is -0.353 e. The van der Waals surface area contributed by atoms with Gasteiger partial charge in [-0.15, -0.1) is 0 Å². The van der Waals surface area contributed by atoms with Gasteiger partial charge in [0.1, 0.15) is 11.9 Å². The molecule has 0 aromatic heterocycles. The molecule has 1 saturated carbocycles. The Morgan fingerprint density at radius 2 is 2.00 bits per heavy atom. The van der Waals surface area contributed by atoms with Gasteiger partial charge in [0.05, 0.1) is 11.9 Å². The SMILES string of the molecule is C[C@H](C(=O)NCCSC1CCCC1)N(c1ccccc1F)S(C)(=O)=O. The smallest absolute Gasteiger partial charge is 0.243 e. The lowest BCUT2D eigenvalue weighted by Crippen LogP contribution is -2.48. The Balaban J connectivity index is 1.97. The van der Waals surface area contributed by atoms with Crippen molar-refractivity contribution in [1.29, 1.82) is 0 Å². The van der Waals surface area contributed by atoms with Crippen molar-refractivity contribution in [1.82, 2.24) is 5.32 Å². The predicted octanol–water partition coefficient (Wildman–Crippen LogP) is 2.77. The van der Waals surface area contributed by atoms with Crippen LogP contribution in [0.5, 0.6) is 0 Å². The fourth-order valence-electron chi connectivity index (χ4n) is 3.01. The van der Waals surface area contributed by atoms with E-state index in [1.54, 1.807) is 6.07 Å². The molecule has 0 saturated heterocycles. The number of nitrogens with one attached hydrogen (secondary N) is 1. The zero-order valence-electron chi connectivity index (χ0n) is 14.6. The Kier molecular flexibility index (Phi) is 7.13. The first-order valence-electron chi connectivity index (χ1n) is 8.44. The Labute approximate surface area is 153 Å². The molecule has 0 bridgehead atoms. The normalized spacial score (nSPS) is 16.6. The van der Waals surface area contributed by atoms with Crippen LogP contribution in [0.15, 0.2) is 24.3 Å². The van der Waals surface area contributed by atoms with Crippen LogP contribution in [0.25, 0.3) is 0 Å². The molecule has 2 rings (SSSR count). The molecular formula is C17H25FN2O3S2. The number of amides is 1. The van der Waals surface area contributed by atoms with Gasteiger partial charge in [0.25, 0.3) is 0 Å². The summed E-state index contributed by atoms with van der Waals surface area (Å²) in [6.45, 7) is 1.94. The third kappa shape index (κ3) is 5.60. The van der Waals surface area contributed by atoms with Crippen molar-refractivity contribution < 1.29 is 17.6 Å².